The van der Waals surface area contributed by atoms with Crippen LogP contribution in [0.15, 0.2) is 18.2 Å². The summed E-state index contributed by atoms with van der Waals surface area (Å²) in [5.74, 6) is 0.815. The topological polar surface area (TPSA) is 23.5 Å². The highest BCUT2D eigenvalue weighted by Crippen LogP contribution is 2.31. The summed E-state index contributed by atoms with van der Waals surface area (Å²) in [6, 6.07) is 5.79. The van der Waals surface area contributed by atoms with Crippen LogP contribution in [-0.2, 0) is 6.61 Å². The lowest BCUT2D eigenvalue weighted by Gasteiger charge is -2.32. The van der Waals surface area contributed by atoms with Crippen molar-refractivity contribution in [2.24, 2.45) is 5.92 Å². The van der Waals surface area contributed by atoms with E-state index in [1.165, 1.54) is 19.3 Å². The van der Waals surface area contributed by atoms with Gasteiger partial charge in [0.2, 0.25) is 0 Å². The Kier molecular flexibility index (Phi) is 3.72. The smallest absolute Gasteiger partial charge is 0.0716 e. The molecule has 16 heavy (non-hydrogen) atoms. The molecule has 0 aliphatic heterocycles. The van der Waals surface area contributed by atoms with Crippen molar-refractivity contribution in [3.63, 3.8) is 0 Å². The summed E-state index contributed by atoms with van der Waals surface area (Å²) in [6.07, 6.45) is 4.03. The van der Waals surface area contributed by atoms with Gasteiger partial charge in [0.05, 0.1) is 6.61 Å². The lowest BCUT2D eigenvalue weighted by atomic mass is 9.85. The Morgan fingerprint density at radius 2 is 2.19 bits per heavy atom. The molecule has 0 spiro atoms. The minimum atomic E-state index is 0.00398. The van der Waals surface area contributed by atoms with Crippen molar-refractivity contribution in [1.29, 1.82) is 0 Å². The van der Waals surface area contributed by atoms with E-state index < -0.39 is 0 Å². The van der Waals surface area contributed by atoms with Crippen LogP contribution in [0.1, 0.15) is 24.8 Å². The van der Waals surface area contributed by atoms with E-state index in [2.05, 4.69) is 11.9 Å². The highest BCUT2D eigenvalue weighted by atomic mass is 35.5. The average molecular weight is 240 g/mol. The second kappa shape index (κ2) is 5.07. The summed E-state index contributed by atoms with van der Waals surface area (Å²) in [7, 11) is 2.07. The Labute approximate surface area is 102 Å². The monoisotopic (exact) mass is 239 g/mol. The molecule has 0 amide bonds. The molecule has 0 unspecified atom stereocenters. The van der Waals surface area contributed by atoms with Gasteiger partial charge >= 0.3 is 0 Å². The van der Waals surface area contributed by atoms with Crippen LogP contribution in [0, 0.1) is 5.92 Å². The zero-order chi connectivity index (χ0) is 11.5. The van der Waals surface area contributed by atoms with Crippen molar-refractivity contribution in [2.45, 2.75) is 25.9 Å². The summed E-state index contributed by atoms with van der Waals surface area (Å²) in [5, 5.41) is 10.00. The van der Waals surface area contributed by atoms with Gasteiger partial charge in [-0.25, -0.2) is 0 Å². The zero-order valence-corrected chi connectivity index (χ0v) is 10.4. The summed E-state index contributed by atoms with van der Waals surface area (Å²) < 4.78 is 0. The third kappa shape index (κ3) is 2.33. The first kappa shape index (κ1) is 11.7. The summed E-state index contributed by atoms with van der Waals surface area (Å²) in [4.78, 5) is 2.21. The molecule has 0 aromatic heterocycles. The van der Waals surface area contributed by atoms with E-state index in [1.807, 2.05) is 18.2 Å². The van der Waals surface area contributed by atoms with Gasteiger partial charge in [-0.3, -0.25) is 0 Å². The second-order valence-corrected chi connectivity index (χ2v) is 4.98. The molecule has 0 saturated heterocycles. The van der Waals surface area contributed by atoms with Crippen LogP contribution in [-0.4, -0.2) is 18.7 Å². The minimum absolute atomic E-state index is 0.00398. The van der Waals surface area contributed by atoms with Crippen molar-refractivity contribution < 1.29 is 5.11 Å². The number of anilines is 1. The van der Waals surface area contributed by atoms with E-state index in [4.69, 9.17) is 11.6 Å². The van der Waals surface area contributed by atoms with Gasteiger partial charge in [-0.15, -0.1) is 0 Å². The molecule has 1 saturated carbocycles. The first-order valence-corrected chi connectivity index (χ1v) is 6.19. The SMILES string of the molecule is CN(CC1CCC1)c1cccc(Cl)c1CO. The molecule has 0 bridgehead atoms. The van der Waals surface area contributed by atoms with Gasteiger partial charge in [-0.2, -0.15) is 0 Å². The Morgan fingerprint density at radius 3 is 2.75 bits per heavy atom. The number of aliphatic hydroxyl groups is 1. The molecule has 2 nitrogen and oxygen atoms in total. The maximum absolute atomic E-state index is 9.34. The quantitative estimate of drug-likeness (QED) is 0.873. The Bertz CT molecular complexity index is 363. The van der Waals surface area contributed by atoms with E-state index in [0.717, 1.165) is 23.7 Å². The fourth-order valence-electron chi connectivity index (χ4n) is 2.22. The van der Waals surface area contributed by atoms with Crippen molar-refractivity contribution in [3.8, 4) is 0 Å². The molecule has 0 atom stereocenters. The molecule has 2 rings (SSSR count). The van der Waals surface area contributed by atoms with Crippen molar-refractivity contribution in [3.05, 3.63) is 28.8 Å². The molecule has 1 aliphatic carbocycles. The summed E-state index contributed by atoms with van der Waals surface area (Å²) in [6.45, 7) is 1.07. The fraction of sp³-hybridized carbons (Fsp3) is 0.538. The molecule has 0 radical (unpaired) electrons. The molecule has 1 fully saturated rings. The molecule has 1 aromatic carbocycles. The molecular weight excluding hydrogens is 222 g/mol. The highest BCUT2D eigenvalue weighted by molar-refractivity contribution is 6.31. The van der Waals surface area contributed by atoms with Crippen molar-refractivity contribution in [2.75, 3.05) is 18.5 Å². The first-order chi connectivity index (χ1) is 7.72. The molecule has 1 N–H and O–H groups in total. The number of hydrogen-bond acceptors (Lipinski definition) is 2. The first-order valence-electron chi connectivity index (χ1n) is 5.81. The number of halogens is 1. The standard InChI is InChI=1S/C13H18ClNO/c1-15(8-10-4-2-5-10)13-7-3-6-12(14)11(13)9-16/h3,6-7,10,16H,2,4-5,8-9H2,1H3. The molecule has 3 heteroatoms. The number of nitrogens with zero attached hydrogens (tertiary/aromatic N) is 1. The third-order valence-corrected chi connectivity index (χ3v) is 3.77. The largest absolute Gasteiger partial charge is 0.392 e. The third-order valence-electron chi connectivity index (χ3n) is 3.42. The van der Waals surface area contributed by atoms with Crippen LogP contribution in [0.25, 0.3) is 0 Å². The minimum Gasteiger partial charge on any atom is -0.392 e. The summed E-state index contributed by atoms with van der Waals surface area (Å²) >= 11 is 6.07. The number of rotatable bonds is 4. The van der Waals surface area contributed by atoms with Crippen molar-refractivity contribution >= 4 is 17.3 Å². The van der Waals surface area contributed by atoms with E-state index in [1.54, 1.807) is 0 Å². The number of benzene rings is 1. The van der Waals surface area contributed by atoms with Gasteiger partial charge < -0.3 is 10.0 Å². The molecular formula is C13H18ClNO. The fourth-order valence-corrected chi connectivity index (χ4v) is 2.45. The van der Waals surface area contributed by atoms with Crippen LogP contribution < -0.4 is 4.90 Å². The van der Waals surface area contributed by atoms with Crippen LogP contribution in [0.4, 0.5) is 5.69 Å². The predicted molar refractivity (Wildman–Crippen MR) is 68.0 cm³/mol. The van der Waals surface area contributed by atoms with Gasteiger partial charge in [0.15, 0.2) is 0 Å². The highest BCUT2D eigenvalue weighted by Gasteiger charge is 2.20. The molecule has 1 aromatic rings. The maximum Gasteiger partial charge on any atom is 0.0716 e. The van der Waals surface area contributed by atoms with Gasteiger partial charge in [0.25, 0.3) is 0 Å². The number of aliphatic hydroxyl groups excluding tert-OH is 1. The van der Waals surface area contributed by atoms with Gasteiger partial charge in [0.1, 0.15) is 0 Å². The van der Waals surface area contributed by atoms with Crippen LogP contribution in [0.5, 0.6) is 0 Å². The zero-order valence-electron chi connectivity index (χ0n) is 9.62. The van der Waals surface area contributed by atoms with E-state index in [0.29, 0.717) is 5.02 Å². The van der Waals surface area contributed by atoms with Crippen LogP contribution in [0.3, 0.4) is 0 Å². The Balaban J connectivity index is 2.14. The van der Waals surface area contributed by atoms with Gasteiger partial charge in [-0.05, 0) is 30.9 Å². The maximum atomic E-state index is 9.34. The van der Waals surface area contributed by atoms with Gasteiger partial charge in [-0.1, -0.05) is 24.1 Å². The molecule has 0 heterocycles. The van der Waals surface area contributed by atoms with Crippen LogP contribution in [0.2, 0.25) is 5.02 Å². The molecule has 88 valence electrons. The van der Waals surface area contributed by atoms with Gasteiger partial charge in [0, 0.05) is 29.9 Å². The Hall–Kier alpha value is -0.730. The second-order valence-electron chi connectivity index (χ2n) is 4.57. The lowest BCUT2D eigenvalue weighted by Crippen LogP contribution is -2.29. The van der Waals surface area contributed by atoms with E-state index >= 15 is 0 Å². The predicted octanol–water partition coefficient (Wildman–Crippen LogP) is 3.07. The normalized spacial score (nSPS) is 15.9. The average Bonchev–Trinajstić information content (AvgIpc) is 2.22. The molecule has 1 aliphatic rings. The summed E-state index contributed by atoms with van der Waals surface area (Å²) in [5.41, 5.74) is 1.90. The number of hydrogen-bond donors (Lipinski definition) is 1. The lowest BCUT2D eigenvalue weighted by molar-refractivity contribution is 0.281. The van der Waals surface area contributed by atoms with Crippen molar-refractivity contribution in [1.82, 2.24) is 0 Å². The Morgan fingerprint density at radius 1 is 1.44 bits per heavy atom. The van der Waals surface area contributed by atoms with E-state index in [-0.39, 0.29) is 6.61 Å². The van der Waals surface area contributed by atoms with Crippen LogP contribution >= 0.6 is 11.6 Å². The van der Waals surface area contributed by atoms with E-state index in [9.17, 15) is 5.11 Å².